The quantitative estimate of drug-likeness (QED) is 0.225. The van der Waals surface area contributed by atoms with Gasteiger partial charge in [-0.3, -0.25) is 14.2 Å². The van der Waals surface area contributed by atoms with Crippen molar-refractivity contribution in [3.05, 3.63) is 101 Å². The molecule has 0 saturated heterocycles. The van der Waals surface area contributed by atoms with Gasteiger partial charge in [-0.15, -0.1) is 0 Å². The number of aromatic hydroxyl groups is 1. The Labute approximate surface area is 254 Å². The molecule has 4 heterocycles. The van der Waals surface area contributed by atoms with Crippen molar-refractivity contribution in [3.63, 3.8) is 0 Å². The highest BCUT2D eigenvalue weighted by atomic mass is 19.1. The highest BCUT2D eigenvalue weighted by molar-refractivity contribution is 5.97. The van der Waals surface area contributed by atoms with Gasteiger partial charge in [-0.1, -0.05) is 6.07 Å². The van der Waals surface area contributed by atoms with Crippen LogP contribution in [-0.2, 0) is 6.42 Å². The summed E-state index contributed by atoms with van der Waals surface area (Å²) in [6, 6.07) is 14.4. The SMILES string of the molecule is COc1cc(-n2cccn2)nc2c1nc(-c1cccnc1N)n2-c1ccc2c(c1)CC[C@@H]2NC(=O)c1cc(C=O)c(O)cc1F. The van der Waals surface area contributed by atoms with E-state index in [-0.39, 0.29) is 11.1 Å². The number of methoxy groups -OCH3 is 1. The zero-order chi connectivity index (χ0) is 31.2. The molecule has 6 aromatic rings. The van der Waals surface area contributed by atoms with E-state index in [1.807, 2.05) is 28.8 Å². The third-order valence-electron chi connectivity index (χ3n) is 7.86. The van der Waals surface area contributed by atoms with E-state index in [1.54, 1.807) is 48.6 Å². The number of hydrogen-bond acceptors (Lipinski definition) is 9. The van der Waals surface area contributed by atoms with E-state index in [9.17, 15) is 19.1 Å². The first kappa shape index (κ1) is 27.7. The number of rotatable bonds is 7. The first-order valence-corrected chi connectivity index (χ1v) is 14.0. The summed E-state index contributed by atoms with van der Waals surface area (Å²) < 4.78 is 23.8. The van der Waals surface area contributed by atoms with Gasteiger partial charge in [-0.25, -0.2) is 24.0 Å². The van der Waals surface area contributed by atoms with Gasteiger partial charge in [0.1, 0.15) is 17.4 Å². The zero-order valence-electron chi connectivity index (χ0n) is 23.8. The summed E-state index contributed by atoms with van der Waals surface area (Å²) >= 11 is 0. The number of ether oxygens (including phenoxy) is 1. The second-order valence-electron chi connectivity index (χ2n) is 10.5. The summed E-state index contributed by atoms with van der Waals surface area (Å²) in [5.41, 5.74) is 10.0. The number of aryl methyl sites for hydroxylation is 1. The Kier molecular flexibility index (Phi) is 6.69. The second-order valence-corrected chi connectivity index (χ2v) is 10.5. The minimum atomic E-state index is -0.921. The molecule has 13 heteroatoms. The molecule has 0 bridgehead atoms. The van der Waals surface area contributed by atoms with Gasteiger partial charge in [-0.05, 0) is 60.4 Å². The normalized spacial score (nSPS) is 14.0. The number of anilines is 1. The van der Waals surface area contributed by atoms with Crippen molar-refractivity contribution in [1.29, 1.82) is 0 Å². The van der Waals surface area contributed by atoms with Crippen molar-refractivity contribution in [2.24, 2.45) is 0 Å². The Morgan fingerprint density at radius 3 is 2.78 bits per heavy atom. The average molecular weight is 605 g/mol. The molecule has 0 radical (unpaired) electrons. The van der Waals surface area contributed by atoms with E-state index >= 15 is 0 Å². The van der Waals surface area contributed by atoms with Gasteiger partial charge in [0.15, 0.2) is 34.8 Å². The summed E-state index contributed by atoms with van der Waals surface area (Å²) in [7, 11) is 1.56. The number of carbonyl (C=O) groups excluding carboxylic acids is 2. The van der Waals surface area contributed by atoms with Crippen molar-refractivity contribution < 1.29 is 23.8 Å². The van der Waals surface area contributed by atoms with E-state index in [0.717, 1.165) is 28.9 Å². The molecular formula is C32H25FN8O4. The number of phenolic OH excluding ortho intramolecular Hbond substituents is 1. The maximum absolute atomic E-state index is 14.5. The van der Waals surface area contributed by atoms with Crippen molar-refractivity contribution in [1.82, 2.24) is 34.6 Å². The highest BCUT2D eigenvalue weighted by Crippen LogP contribution is 2.38. The molecule has 0 aliphatic heterocycles. The number of aldehydes is 1. The van der Waals surface area contributed by atoms with Gasteiger partial charge < -0.3 is 20.9 Å². The van der Waals surface area contributed by atoms with Gasteiger partial charge in [0.2, 0.25) is 0 Å². The van der Waals surface area contributed by atoms with Crippen LogP contribution < -0.4 is 15.8 Å². The Bertz CT molecular complexity index is 2130. The number of imidazole rings is 1. The first-order valence-electron chi connectivity index (χ1n) is 14.0. The van der Waals surface area contributed by atoms with Crippen LogP contribution in [0.5, 0.6) is 11.5 Å². The summed E-state index contributed by atoms with van der Waals surface area (Å²) in [6.45, 7) is 0. The molecule has 45 heavy (non-hydrogen) atoms. The van der Waals surface area contributed by atoms with Crippen LogP contribution in [0, 0.1) is 5.82 Å². The average Bonchev–Trinajstić information content (AvgIpc) is 3.80. The number of fused-ring (bicyclic) bond motifs is 2. The fourth-order valence-electron chi connectivity index (χ4n) is 5.69. The lowest BCUT2D eigenvalue weighted by atomic mass is 10.1. The number of halogens is 1. The van der Waals surface area contributed by atoms with Crippen LogP contribution in [0.25, 0.3) is 34.1 Å². The van der Waals surface area contributed by atoms with E-state index < -0.39 is 23.5 Å². The molecule has 0 spiro atoms. The number of carbonyl (C=O) groups is 2. The minimum Gasteiger partial charge on any atom is -0.507 e. The molecule has 1 amide bonds. The Hall–Kier alpha value is -6.11. The number of nitrogens with zero attached hydrogens (tertiary/aromatic N) is 6. The maximum Gasteiger partial charge on any atom is 0.254 e. The van der Waals surface area contributed by atoms with Crippen LogP contribution in [0.15, 0.2) is 73.2 Å². The molecule has 1 aliphatic carbocycles. The van der Waals surface area contributed by atoms with E-state index in [4.69, 9.17) is 20.4 Å². The number of amides is 1. The number of nitrogen functional groups attached to an aromatic ring is 1. The smallest absolute Gasteiger partial charge is 0.254 e. The van der Waals surface area contributed by atoms with Gasteiger partial charge in [0, 0.05) is 36.4 Å². The third-order valence-corrected chi connectivity index (χ3v) is 7.86. The second kappa shape index (κ2) is 10.9. The predicted molar refractivity (Wildman–Crippen MR) is 162 cm³/mol. The molecule has 2 aromatic carbocycles. The molecule has 4 N–H and O–H groups in total. The zero-order valence-corrected chi connectivity index (χ0v) is 23.8. The molecule has 224 valence electrons. The lowest BCUT2D eigenvalue weighted by molar-refractivity contribution is 0.0932. The molecule has 12 nitrogen and oxygen atoms in total. The molecule has 1 aliphatic rings. The molecule has 0 saturated carbocycles. The van der Waals surface area contributed by atoms with Crippen LogP contribution in [0.2, 0.25) is 0 Å². The van der Waals surface area contributed by atoms with Crippen LogP contribution in [0.1, 0.15) is 44.3 Å². The standard InChI is InChI=1S/C32H25FN8O4/c1-45-26-15-27(40-11-3-10-36-40)38-31-28(26)39-30(21-4-2-9-35-29(21)34)41(31)19-6-7-20-17(12-19)5-8-24(20)37-32(44)22-13-18(16-42)25(43)14-23(22)33/h2-4,6-7,9-16,24,43H,5,8H2,1H3,(H2,34,35)(H,37,44)/t24-/m0/s1. The van der Waals surface area contributed by atoms with Crippen molar-refractivity contribution in [2.45, 2.75) is 18.9 Å². The number of benzene rings is 2. The van der Waals surface area contributed by atoms with Gasteiger partial charge >= 0.3 is 0 Å². The summed E-state index contributed by atoms with van der Waals surface area (Å²) in [5, 5.41) is 16.9. The number of phenols is 1. The first-order chi connectivity index (χ1) is 21.9. The van der Waals surface area contributed by atoms with Crippen LogP contribution >= 0.6 is 0 Å². The molecule has 4 aromatic heterocycles. The lowest BCUT2D eigenvalue weighted by Gasteiger charge is -2.16. The molecule has 7 rings (SSSR count). The number of nitrogens with two attached hydrogens (primary N) is 1. The van der Waals surface area contributed by atoms with Gasteiger partial charge in [0.25, 0.3) is 5.91 Å². The number of hydrogen-bond donors (Lipinski definition) is 3. The highest BCUT2D eigenvalue weighted by Gasteiger charge is 2.28. The number of nitrogens with one attached hydrogen (secondary N) is 1. The fourth-order valence-corrected chi connectivity index (χ4v) is 5.69. The monoisotopic (exact) mass is 604 g/mol. The lowest BCUT2D eigenvalue weighted by Crippen LogP contribution is -2.28. The summed E-state index contributed by atoms with van der Waals surface area (Å²) in [5.74, 6) is -0.304. The minimum absolute atomic E-state index is 0.170. The molecular weight excluding hydrogens is 579 g/mol. The fraction of sp³-hybridized carbons (Fsp3) is 0.125. The summed E-state index contributed by atoms with van der Waals surface area (Å²) in [6.07, 6.45) is 6.62. The van der Waals surface area contributed by atoms with Crippen molar-refractivity contribution in [2.75, 3.05) is 12.8 Å². The molecule has 0 unspecified atom stereocenters. The van der Waals surface area contributed by atoms with Gasteiger partial charge in [-0.2, -0.15) is 5.10 Å². The van der Waals surface area contributed by atoms with E-state index in [1.165, 1.54) is 0 Å². The summed E-state index contributed by atoms with van der Waals surface area (Å²) in [4.78, 5) is 38.4. The van der Waals surface area contributed by atoms with Gasteiger partial charge in [0.05, 0.1) is 29.8 Å². The van der Waals surface area contributed by atoms with Crippen molar-refractivity contribution >= 4 is 29.2 Å². The van der Waals surface area contributed by atoms with Crippen LogP contribution in [-0.4, -0.2) is 53.7 Å². The van der Waals surface area contributed by atoms with Crippen LogP contribution in [0.4, 0.5) is 10.2 Å². The largest absolute Gasteiger partial charge is 0.507 e. The Balaban J connectivity index is 1.32. The van der Waals surface area contributed by atoms with Crippen molar-refractivity contribution in [3.8, 4) is 34.4 Å². The van der Waals surface area contributed by atoms with E-state index in [0.29, 0.717) is 59.1 Å². The predicted octanol–water partition coefficient (Wildman–Crippen LogP) is 4.33. The van der Waals surface area contributed by atoms with Crippen LogP contribution in [0.3, 0.4) is 0 Å². The Morgan fingerprint density at radius 1 is 1.16 bits per heavy atom. The Morgan fingerprint density at radius 2 is 2.02 bits per heavy atom. The van der Waals surface area contributed by atoms with E-state index in [2.05, 4.69) is 15.4 Å². The topological polar surface area (TPSA) is 163 Å². The maximum atomic E-state index is 14.5. The molecule has 0 fully saturated rings. The number of aromatic nitrogens is 6. The third kappa shape index (κ3) is 4.70. The number of pyridine rings is 2. The molecule has 1 atom stereocenters.